The van der Waals surface area contributed by atoms with Gasteiger partial charge >= 0.3 is 0 Å². The Labute approximate surface area is 86.6 Å². The zero-order chi connectivity index (χ0) is 10.6. The van der Waals surface area contributed by atoms with Crippen LogP contribution < -0.4 is 5.73 Å². The van der Waals surface area contributed by atoms with Gasteiger partial charge in [-0.05, 0) is 25.3 Å². The van der Waals surface area contributed by atoms with E-state index < -0.39 is 0 Å². The van der Waals surface area contributed by atoms with Gasteiger partial charge in [-0.15, -0.1) is 0 Å². The quantitative estimate of drug-likeness (QED) is 0.722. The Morgan fingerprint density at radius 3 is 2.79 bits per heavy atom. The van der Waals surface area contributed by atoms with Gasteiger partial charge in [0.1, 0.15) is 0 Å². The van der Waals surface area contributed by atoms with Crippen molar-refractivity contribution in [2.24, 2.45) is 5.73 Å². The van der Waals surface area contributed by atoms with E-state index in [-0.39, 0.29) is 6.04 Å². The van der Waals surface area contributed by atoms with Gasteiger partial charge in [-0.2, -0.15) is 0 Å². The molecule has 0 amide bonds. The molecule has 2 N–H and O–H groups in total. The van der Waals surface area contributed by atoms with E-state index in [1.807, 2.05) is 0 Å². The van der Waals surface area contributed by atoms with Gasteiger partial charge < -0.3 is 5.73 Å². The molecule has 0 heterocycles. The number of hydrogen-bond acceptors (Lipinski definition) is 1. The van der Waals surface area contributed by atoms with E-state index in [2.05, 4.69) is 44.7 Å². The molecule has 0 aliphatic rings. The molecule has 0 saturated heterocycles. The molecule has 0 saturated carbocycles. The van der Waals surface area contributed by atoms with Crippen LogP contribution in [0.4, 0.5) is 0 Å². The van der Waals surface area contributed by atoms with Crippen molar-refractivity contribution in [2.45, 2.75) is 32.7 Å². The second kappa shape index (κ2) is 4.97. The number of benzene rings is 1. The van der Waals surface area contributed by atoms with Crippen LogP contribution in [0.15, 0.2) is 36.4 Å². The molecule has 1 rings (SSSR count). The third-order valence-electron chi connectivity index (χ3n) is 2.48. The van der Waals surface area contributed by atoms with Crippen LogP contribution in [0.25, 0.3) is 0 Å². The molecule has 76 valence electrons. The SMILES string of the molecule is C=C(CC)CC(N)c1cccc(C)c1. The lowest BCUT2D eigenvalue weighted by Crippen LogP contribution is -2.10. The van der Waals surface area contributed by atoms with Gasteiger partial charge in [0.15, 0.2) is 0 Å². The Balaban J connectivity index is 2.69. The normalized spacial score (nSPS) is 12.5. The zero-order valence-electron chi connectivity index (χ0n) is 9.09. The minimum absolute atomic E-state index is 0.0994. The van der Waals surface area contributed by atoms with Crippen molar-refractivity contribution in [1.82, 2.24) is 0 Å². The topological polar surface area (TPSA) is 26.0 Å². The van der Waals surface area contributed by atoms with Crippen LogP contribution in [0.3, 0.4) is 0 Å². The van der Waals surface area contributed by atoms with Crippen molar-refractivity contribution >= 4 is 0 Å². The number of nitrogens with two attached hydrogens (primary N) is 1. The molecule has 0 spiro atoms. The maximum absolute atomic E-state index is 6.08. The molecule has 1 aromatic rings. The highest BCUT2D eigenvalue weighted by Gasteiger charge is 2.06. The van der Waals surface area contributed by atoms with Crippen molar-refractivity contribution < 1.29 is 0 Å². The van der Waals surface area contributed by atoms with Gasteiger partial charge in [-0.25, -0.2) is 0 Å². The molecular weight excluding hydrogens is 170 g/mol. The fourth-order valence-electron chi connectivity index (χ4n) is 1.47. The van der Waals surface area contributed by atoms with E-state index in [4.69, 9.17) is 5.73 Å². The molecule has 0 aromatic heterocycles. The maximum Gasteiger partial charge on any atom is 0.0332 e. The Morgan fingerprint density at radius 2 is 2.21 bits per heavy atom. The second-order valence-corrected chi connectivity index (χ2v) is 3.83. The summed E-state index contributed by atoms with van der Waals surface area (Å²) in [5.74, 6) is 0. The maximum atomic E-state index is 6.08. The first-order chi connectivity index (χ1) is 6.63. The van der Waals surface area contributed by atoms with Crippen LogP contribution in [0.2, 0.25) is 0 Å². The van der Waals surface area contributed by atoms with Gasteiger partial charge in [0, 0.05) is 6.04 Å². The fraction of sp³-hybridized carbons (Fsp3) is 0.385. The largest absolute Gasteiger partial charge is 0.324 e. The molecule has 1 atom stereocenters. The summed E-state index contributed by atoms with van der Waals surface area (Å²) < 4.78 is 0. The lowest BCUT2D eigenvalue weighted by molar-refractivity contribution is 0.700. The van der Waals surface area contributed by atoms with Crippen LogP contribution in [-0.2, 0) is 0 Å². The van der Waals surface area contributed by atoms with E-state index in [1.54, 1.807) is 0 Å². The smallest absolute Gasteiger partial charge is 0.0332 e. The third kappa shape index (κ3) is 3.00. The van der Waals surface area contributed by atoms with Crippen molar-refractivity contribution in [3.05, 3.63) is 47.5 Å². The average Bonchev–Trinajstić information content (AvgIpc) is 2.17. The minimum atomic E-state index is 0.0994. The Morgan fingerprint density at radius 1 is 1.50 bits per heavy atom. The average molecular weight is 189 g/mol. The van der Waals surface area contributed by atoms with Crippen molar-refractivity contribution in [3.8, 4) is 0 Å². The van der Waals surface area contributed by atoms with E-state index in [0.717, 1.165) is 12.8 Å². The Hall–Kier alpha value is -1.08. The van der Waals surface area contributed by atoms with Crippen molar-refractivity contribution in [3.63, 3.8) is 0 Å². The second-order valence-electron chi connectivity index (χ2n) is 3.83. The predicted octanol–water partition coefficient (Wildman–Crippen LogP) is 3.35. The predicted molar refractivity (Wildman–Crippen MR) is 62.2 cm³/mol. The van der Waals surface area contributed by atoms with Gasteiger partial charge in [0.25, 0.3) is 0 Å². The van der Waals surface area contributed by atoms with E-state index in [0.29, 0.717) is 0 Å². The highest BCUT2D eigenvalue weighted by Crippen LogP contribution is 2.19. The van der Waals surface area contributed by atoms with Gasteiger partial charge in [-0.1, -0.05) is 48.9 Å². The van der Waals surface area contributed by atoms with Gasteiger partial charge in [0.2, 0.25) is 0 Å². The summed E-state index contributed by atoms with van der Waals surface area (Å²) in [5, 5.41) is 0. The highest BCUT2D eigenvalue weighted by atomic mass is 14.6. The summed E-state index contributed by atoms with van der Waals surface area (Å²) in [6.07, 6.45) is 1.90. The van der Waals surface area contributed by atoms with Crippen LogP contribution >= 0.6 is 0 Å². The zero-order valence-corrected chi connectivity index (χ0v) is 9.09. The first kappa shape index (κ1) is 11.0. The van der Waals surface area contributed by atoms with Crippen LogP contribution in [0, 0.1) is 6.92 Å². The van der Waals surface area contributed by atoms with Crippen molar-refractivity contribution in [1.29, 1.82) is 0 Å². The molecule has 1 unspecified atom stereocenters. The molecule has 0 fully saturated rings. The first-order valence-electron chi connectivity index (χ1n) is 5.12. The fourth-order valence-corrected chi connectivity index (χ4v) is 1.47. The molecule has 1 heteroatoms. The van der Waals surface area contributed by atoms with Gasteiger partial charge in [0.05, 0.1) is 0 Å². The number of hydrogen-bond donors (Lipinski definition) is 1. The Kier molecular flexibility index (Phi) is 3.90. The molecule has 0 radical (unpaired) electrons. The molecule has 1 aromatic carbocycles. The van der Waals surface area contributed by atoms with E-state index in [1.165, 1.54) is 16.7 Å². The highest BCUT2D eigenvalue weighted by molar-refractivity contribution is 5.25. The van der Waals surface area contributed by atoms with E-state index >= 15 is 0 Å². The summed E-state index contributed by atoms with van der Waals surface area (Å²) >= 11 is 0. The molecule has 0 bridgehead atoms. The number of rotatable bonds is 4. The monoisotopic (exact) mass is 189 g/mol. The third-order valence-corrected chi connectivity index (χ3v) is 2.48. The standard InChI is InChI=1S/C13H19N/c1-4-10(2)9-13(14)12-7-5-6-11(3)8-12/h5-8,13H,2,4,9,14H2,1,3H3. The summed E-state index contributed by atoms with van der Waals surface area (Å²) in [6.45, 7) is 8.19. The summed E-state index contributed by atoms with van der Waals surface area (Å²) in [4.78, 5) is 0. The molecule has 1 nitrogen and oxygen atoms in total. The number of aryl methyl sites for hydroxylation is 1. The lowest BCUT2D eigenvalue weighted by Gasteiger charge is -2.13. The van der Waals surface area contributed by atoms with Crippen molar-refractivity contribution in [2.75, 3.05) is 0 Å². The van der Waals surface area contributed by atoms with Crippen LogP contribution in [0.1, 0.15) is 36.9 Å². The Bertz CT molecular complexity index is 315. The van der Waals surface area contributed by atoms with Gasteiger partial charge in [-0.3, -0.25) is 0 Å². The molecular formula is C13H19N. The van der Waals surface area contributed by atoms with E-state index in [9.17, 15) is 0 Å². The minimum Gasteiger partial charge on any atom is -0.324 e. The lowest BCUT2D eigenvalue weighted by atomic mass is 9.98. The van der Waals surface area contributed by atoms with Crippen LogP contribution in [0.5, 0.6) is 0 Å². The summed E-state index contributed by atoms with van der Waals surface area (Å²) in [5.41, 5.74) is 9.77. The molecule has 0 aliphatic heterocycles. The molecule has 14 heavy (non-hydrogen) atoms. The van der Waals surface area contributed by atoms with Crippen LogP contribution in [-0.4, -0.2) is 0 Å². The molecule has 0 aliphatic carbocycles. The first-order valence-corrected chi connectivity index (χ1v) is 5.12. The summed E-state index contributed by atoms with van der Waals surface area (Å²) in [7, 11) is 0. The summed E-state index contributed by atoms with van der Waals surface area (Å²) in [6, 6.07) is 8.47.